The largest absolute Gasteiger partial charge is 0.467 e. The number of halogens is 3. The van der Waals surface area contributed by atoms with Crippen molar-refractivity contribution < 1.29 is 35.9 Å². The second-order valence-corrected chi connectivity index (χ2v) is 10.0. The highest BCUT2D eigenvalue weighted by atomic mass is 32.2. The third-order valence-electron chi connectivity index (χ3n) is 4.61. The Morgan fingerprint density at radius 2 is 1.91 bits per heavy atom. The first-order valence-electron chi connectivity index (χ1n) is 9.62. The van der Waals surface area contributed by atoms with E-state index in [1.165, 1.54) is 50.5 Å². The number of ether oxygens (including phenoxy) is 2. The number of nitrogens with one attached hydrogen (secondary N) is 1. The van der Waals surface area contributed by atoms with Crippen LogP contribution in [0.25, 0.3) is 10.2 Å². The lowest BCUT2D eigenvalue weighted by molar-refractivity contribution is -0.163. The van der Waals surface area contributed by atoms with E-state index in [2.05, 4.69) is 26.3 Å². The van der Waals surface area contributed by atoms with Crippen molar-refractivity contribution in [3.05, 3.63) is 53.0 Å². The van der Waals surface area contributed by atoms with Crippen LogP contribution >= 0.6 is 11.3 Å². The number of carbonyl (C=O) groups excluding carboxylic acids is 1. The SMILES string of the molecule is COC(=O)C(C)(C)OCC#Cc1cc(C(F)(F)F)ccc1NS(=O)(=O)c1ccc2ncsc2c1. The molecule has 12 heteroatoms. The Hall–Kier alpha value is -3.14. The summed E-state index contributed by atoms with van der Waals surface area (Å²) in [5, 5.41) is 0. The minimum atomic E-state index is -4.66. The van der Waals surface area contributed by atoms with Crippen LogP contribution in [0.2, 0.25) is 0 Å². The van der Waals surface area contributed by atoms with E-state index in [9.17, 15) is 26.4 Å². The van der Waals surface area contributed by atoms with Crippen LogP contribution in [-0.2, 0) is 30.5 Å². The molecule has 34 heavy (non-hydrogen) atoms. The van der Waals surface area contributed by atoms with E-state index < -0.39 is 33.3 Å². The summed E-state index contributed by atoms with van der Waals surface area (Å²) in [5.41, 5.74) is -0.478. The Bertz CT molecular complexity index is 1390. The standard InChI is InChI=1S/C22H19F3N2O5S2/c1-21(2,20(28)31-3)32-10-4-5-14-11-15(22(23,24)25)6-8-17(14)27-34(29,30)16-7-9-18-19(12-16)33-13-26-18/h6-9,11-13,27H,10H2,1-3H3. The smallest absolute Gasteiger partial charge is 0.416 e. The molecule has 0 spiro atoms. The molecule has 0 bridgehead atoms. The number of rotatable bonds is 6. The summed E-state index contributed by atoms with van der Waals surface area (Å²) in [7, 11) is -2.95. The molecule has 1 aromatic heterocycles. The number of benzene rings is 2. The second-order valence-electron chi connectivity index (χ2n) is 7.44. The topological polar surface area (TPSA) is 94.6 Å². The molecule has 0 aliphatic carbocycles. The van der Waals surface area contributed by atoms with Crippen LogP contribution in [0.1, 0.15) is 25.0 Å². The van der Waals surface area contributed by atoms with Gasteiger partial charge in [0.2, 0.25) is 0 Å². The number of hydrogen-bond donors (Lipinski definition) is 1. The van der Waals surface area contributed by atoms with E-state index in [4.69, 9.17) is 4.74 Å². The molecule has 180 valence electrons. The summed E-state index contributed by atoms with van der Waals surface area (Å²) in [6.45, 7) is 2.58. The first kappa shape index (κ1) is 25.5. The number of sulfonamides is 1. The molecule has 7 nitrogen and oxygen atoms in total. The lowest BCUT2D eigenvalue weighted by atomic mass is 10.1. The highest BCUT2D eigenvalue weighted by Gasteiger charge is 2.31. The van der Waals surface area contributed by atoms with E-state index in [0.717, 1.165) is 18.2 Å². The molecule has 1 N–H and O–H groups in total. The van der Waals surface area contributed by atoms with E-state index >= 15 is 0 Å². The molecule has 0 amide bonds. The van der Waals surface area contributed by atoms with Gasteiger partial charge >= 0.3 is 12.1 Å². The molecule has 0 unspecified atom stereocenters. The van der Waals surface area contributed by atoms with Crippen molar-refractivity contribution in [3.8, 4) is 11.8 Å². The van der Waals surface area contributed by atoms with Gasteiger partial charge in [0.1, 0.15) is 6.61 Å². The zero-order valence-corrected chi connectivity index (χ0v) is 19.8. The van der Waals surface area contributed by atoms with Crippen LogP contribution in [0, 0.1) is 11.8 Å². The maximum absolute atomic E-state index is 13.2. The minimum absolute atomic E-state index is 0.0776. The molecular weight excluding hydrogens is 493 g/mol. The molecule has 0 atom stereocenters. The number of esters is 1. The predicted molar refractivity (Wildman–Crippen MR) is 121 cm³/mol. The van der Waals surface area contributed by atoms with E-state index in [1.807, 2.05) is 0 Å². The third-order valence-corrected chi connectivity index (χ3v) is 6.76. The van der Waals surface area contributed by atoms with Gasteiger partial charge in [0.05, 0.1) is 39.0 Å². The normalized spacial score (nSPS) is 12.2. The molecule has 0 saturated heterocycles. The monoisotopic (exact) mass is 512 g/mol. The molecule has 0 radical (unpaired) electrons. The average Bonchev–Trinajstić information content (AvgIpc) is 3.24. The van der Waals surface area contributed by atoms with Crippen molar-refractivity contribution in [2.24, 2.45) is 0 Å². The fourth-order valence-electron chi connectivity index (χ4n) is 2.77. The number of fused-ring (bicyclic) bond motifs is 1. The first-order valence-corrected chi connectivity index (χ1v) is 12.0. The van der Waals surface area contributed by atoms with Crippen LogP contribution in [0.4, 0.5) is 18.9 Å². The van der Waals surface area contributed by atoms with Gasteiger partial charge in [-0.05, 0) is 50.2 Å². The Morgan fingerprint density at radius 1 is 1.18 bits per heavy atom. The van der Waals surface area contributed by atoms with Crippen LogP contribution in [0.3, 0.4) is 0 Å². The van der Waals surface area contributed by atoms with E-state index in [1.54, 1.807) is 5.51 Å². The zero-order chi connectivity index (χ0) is 25.1. The Balaban J connectivity index is 1.92. The van der Waals surface area contributed by atoms with Crippen molar-refractivity contribution in [1.82, 2.24) is 4.98 Å². The van der Waals surface area contributed by atoms with Gasteiger partial charge in [-0.25, -0.2) is 18.2 Å². The summed E-state index contributed by atoms with van der Waals surface area (Å²) in [6, 6.07) is 6.80. The van der Waals surface area contributed by atoms with Crippen LogP contribution in [-0.4, -0.2) is 38.7 Å². The van der Waals surface area contributed by atoms with Gasteiger partial charge in [0.15, 0.2) is 5.60 Å². The summed E-state index contributed by atoms with van der Waals surface area (Å²) in [6.07, 6.45) is -4.66. The number of hydrogen-bond acceptors (Lipinski definition) is 7. The fourth-order valence-corrected chi connectivity index (χ4v) is 4.67. The quantitative estimate of drug-likeness (QED) is 0.388. The number of alkyl halides is 3. The number of anilines is 1. The minimum Gasteiger partial charge on any atom is -0.467 e. The van der Waals surface area contributed by atoms with Crippen molar-refractivity contribution in [2.45, 2.75) is 30.5 Å². The molecular formula is C22H19F3N2O5S2. The summed E-state index contributed by atoms with van der Waals surface area (Å²) in [4.78, 5) is 15.7. The molecule has 1 heterocycles. The van der Waals surface area contributed by atoms with Crippen molar-refractivity contribution in [1.29, 1.82) is 0 Å². The lowest BCUT2D eigenvalue weighted by Gasteiger charge is -2.20. The number of methoxy groups -OCH3 is 1. The van der Waals surface area contributed by atoms with Gasteiger partial charge in [-0.1, -0.05) is 11.8 Å². The maximum Gasteiger partial charge on any atom is 0.416 e. The Labute approximate surface area is 198 Å². The van der Waals surface area contributed by atoms with E-state index in [-0.39, 0.29) is 22.8 Å². The summed E-state index contributed by atoms with van der Waals surface area (Å²) in [5.74, 6) is 4.35. The molecule has 0 fully saturated rings. The average molecular weight is 513 g/mol. The van der Waals surface area contributed by atoms with Crippen molar-refractivity contribution in [2.75, 3.05) is 18.4 Å². The highest BCUT2D eigenvalue weighted by molar-refractivity contribution is 7.92. The highest BCUT2D eigenvalue weighted by Crippen LogP contribution is 2.32. The number of carbonyl (C=O) groups is 1. The number of aromatic nitrogens is 1. The lowest BCUT2D eigenvalue weighted by Crippen LogP contribution is -2.36. The zero-order valence-electron chi connectivity index (χ0n) is 18.2. The Morgan fingerprint density at radius 3 is 2.59 bits per heavy atom. The molecule has 0 aliphatic rings. The Kier molecular flexibility index (Phi) is 7.21. The molecule has 0 aliphatic heterocycles. The van der Waals surface area contributed by atoms with Crippen molar-refractivity contribution >= 4 is 43.2 Å². The van der Waals surface area contributed by atoms with Gasteiger partial charge in [0, 0.05) is 5.56 Å². The van der Waals surface area contributed by atoms with Gasteiger partial charge in [0.25, 0.3) is 10.0 Å². The first-order chi connectivity index (χ1) is 15.8. The third kappa shape index (κ3) is 5.85. The molecule has 3 aromatic rings. The van der Waals surface area contributed by atoms with Crippen LogP contribution in [0.5, 0.6) is 0 Å². The van der Waals surface area contributed by atoms with Gasteiger partial charge in [-0.3, -0.25) is 4.72 Å². The summed E-state index contributed by atoms with van der Waals surface area (Å²) >= 11 is 1.25. The van der Waals surface area contributed by atoms with Gasteiger partial charge < -0.3 is 9.47 Å². The fraction of sp³-hybridized carbons (Fsp3) is 0.273. The number of nitrogens with zero attached hydrogens (tertiary/aromatic N) is 1. The molecule has 2 aromatic carbocycles. The van der Waals surface area contributed by atoms with E-state index in [0.29, 0.717) is 10.2 Å². The van der Waals surface area contributed by atoms with Crippen molar-refractivity contribution in [3.63, 3.8) is 0 Å². The number of thiazole rings is 1. The van der Waals surface area contributed by atoms with Crippen LogP contribution < -0.4 is 4.72 Å². The second kappa shape index (κ2) is 9.61. The van der Waals surface area contributed by atoms with Gasteiger partial charge in [-0.15, -0.1) is 11.3 Å². The van der Waals surface area contributed by atoms with Gasteiger partial charge in [-0.2, -0.15) is 13.2 Å². The molecule has 0 saturated carbocycles. The molecule has 3 rings (SSSR count). The predicted octanol–water partition coefficient (Wildman–Crippen LogP) is 4.44. The maximum atomic E-state index is 13.2. The van der Waals surface area contributed by atoms with Crippen LogP contribution in [0.15, 0.2) is 46.8 Å². The summed E-state index contributed by atoms with van der Waals surface area (Å²) < 4.78 is 78.3.